The molecule has 0 radical (unpaired) electrons. The van der Waals surface area contributed by atoms with E-state index in [0.29, 0.717) is 25.0 Å². The summed E-state index contributed by atoms with van der Waals surface area (Å²) in [4.78, 5) is 19.4. The molecule has 1 saturated carbocycles. The fourth-order valence-electron chi connectivity index (χ4n) is 2.48. The summed E-state index contributed by atoms with van der Waals surface area (Å²) in [6.07, 6.45) is 4.03. The number of hydrogen-bond donors (Lipinski definition) is 2. The molecule has 0 aliphatic heterocycles. The average Bonchev–Trinajstić information content (AvgIpc) is 3.26. The van der Waals surface area contributed by atoms with E-state index in [9.17, 15) is 4.79 Å². The topological polar surface area (TPSA) is 67.0 Å². The van der Waals surface area contributed by atoms with Gasteiger partial charge in [-0.15, -0.1) is 0 Å². The number of ether oxygens (including phenoxy) is 1. The first-order valence-corrected chi connectivity index (χ1v) is 7.61. The third kappa shape index (κ3) is 3.46. The van der Waals surface area contributed by atoms with Crippen LogP contribution < -0.4 is 10.9 Å². The van der Waals surface area contributed by atoms with Gasteiger partial charge in [0.1, 0.15) is 11.4 Å². The molecule has 1 aliphatic rings. The molecule has 0 spiro atoms. The van der Waals surface area contributed by atoms with Gasteiger partial charge >= 0.3 is 0 Å². The van der Waals surface area contributed by atoms with Crippen LogP contribution in [0.15, 0.2) is 10.9 Å². The van der Waals surface area contributed by atoms with Gasteiger partial charge in [-0.2, -0.15) is 0 Å². The summed E-state index contributed by atoms with van der Waals surface area (Å²) in [6.45, 7) is 7.35. The summed E-state index contributed by atoms with van der Waals surface area (Å²) in [5.41, 5.74) is 0.207. The van der Waals surface area contributed by atoms with Crippen LogP contribution in [0.4, 0.5) is 0 Å². The van der Waals surface area contributed by atoms with Gasteiger partial charge in [0.2, 0.25) is 0 Å². The fourth-order valence-corrected chi connectivity index (χ4v) is 2.48. The SMILES string of the molecule is CCOC(CC)(CC)c1nc(CNC2CC2)cc(=O)[nH]1. The zero-order chi connectivity index (χ0) is 14.6. The Balaban J connectivity index is 2.25. The molecule has 1 fully saturated rings. The monoisotopic (exact) mass is 279 g/mol. The molecule has 5 nitrogen and oxygen atoms in total. The van der Waals surface area contributed by atoms with Gasteiger partial charge in [0.05, 0.1) is 5.69 Å². The minimum Gasteiger partial charge on any atom is -0.367 e. The standard InChI is InChI=1S/C15H25N3O2/c1-4-15(5-2,20-6-3)14-17-12(9-13(19)18-14)10-16-11-7-8-11/h9,11,16H,4-8,10H2,1-3H3,(H,17,18,19). The maximum atomic E-state index is 11.9. The quantitative estimate of drug-likeness (QED) is 0.764. The summed E-state index contributed by atoms with van der Waals surface area (Å²) >= 11 is 0. The van der Waals surface area contributed by atoms with Crippen LogP contribution in [0.25, 0.3) is 0 Å². The molecule has 112 valence electrons. The lowest BCUT2D eigenvalue weighted by Gasteiger charge is -2.30. The Morgan fingerprint density at radius 2 is 2.10 bits per heavy atom. The summed E-state index contributed by atoms with van der Waals surface area (Å²) in [5.74, 6) is 0.657. The predicted molar refractivity (Wildman–Crippen MR) is 78.6 cm³/mol. The van der Waals surface area contributed by atoms with Crippen LogP contribution in [0.5, 0.6) is 0 Å². The smallest absolute Gasteiger partial charge is 0.251 e. The zero-order valence-electron chi connectivity index (χ0n) is 12.7. The molecule has 0 saturated heterocycles. The molecule has 0 aromatic carbocycles. The molecule has 0 atom stereocenters. The Morgan fingerprint density at radius 1 is 1.40 bits per heavy atom. The van der Waals surface area contributed by atoms with Gasteiger partial charge in [0.25, 0.3) is 5.56 Å². The molecular weight excluding hydrogens is 254 g/mol. The van der Waals surface area contributed by atoms with Crippen LogP contribution in [0.3, 0.4) is 0 Å². The van der Waals surface area contributed by atoms with Gasteiger partial charge in [-0.3, -0.25) is 4.79 Å². The van der Waals surface area contributed by atoms with E-state index in [1.807, 2.05) is 6.92 Å². The van der Waals surface area contributed by atoms with E-state index in [1.165, 1.54) is 12.8 Å². The van der Waals surface area contributed by atoms with Gasteiger partial charge < -0.3 is 15.0 Å². The number of nitrogens with zero attached hydrogens (tertiary/aromatic N) is 1. The van der Waals surface area contributed by atoms with Gasteiger partial charge in [-0.25, -0.2) is 4.98 Å². The number of aromatic amines is 1. The molecule has 1 aromatic heterocycles. The number of H-pyrrole nitrogens is 1. The number of aromatic nitrogens is 2. The molecule has 0 unspecified atom stereocenters. The van der Waals surface area contributed by atoms with Crippen LogP contribution in [0.2, 0.25) is 0 Å². The molecule has 1 aromatic rings. The van der Waals surface area contributed by atoms with Crippen molar-refractivity contribution in [2.45, 2.75) is 64.6 Å². The van der Waals surface area contributed by atoms with E-state index in [2.05, 4.69) is 29.1 Å². The molecular formula is C15H25N3O2. The highest BCUT2D eigenvalue weighted by molar-refractivity contribution is 5.09. The maximum Gasteiger partial charge on any atom is 0.251 e. The third-order valence-electron chi connectivity index (χ3n) is 3.94. The van der Waals surface area contributed by atoms with Crippen LogP contribution in [-0.2, 0) is 16.9 Å². The van der Waals surface area contributed by atoms with E-state index in [-0.39, 0.29) is 5.56 Å². The van der Waals surface area contributed by atoms with Gasteiger partial charge in [0, 0.05) is 25.3 Å². The van der Waals surface area contributed by atoms with E-state index >= 15 is 0 Å². The van der Waals surface area contributed by atoms with E-state index in [4.69, 9.17) is 4.74 Å². The predicted octanol–water partition coefficient (Wildman–Crippen LogP) is 2.07. The minimum atomic E-state index is -0.483. The molecule has 2 N–H and O–H groups in total. The first-order chi connectivity index (χ1) is 9.63. The molecule has 0 amide bonds. The Bertz CT molecular complexity index is 490. The van der Waals surface area contributed by atoms with Crippen molar-refractivity contribution >= 4 is 0 Å². The Kier molecular flexibility index (Phi) is 4.94. The van der Waals surface area contributed by atoms with Crippen LogP contribution in [0.1, 0.15) is 58.0 Å². The first-order valence-electron chi connectivity index (χ1n) is 7.61. The first kappa shape index (κ1) is 15.2. The van der Waals surface area contributed by atoms with E-state index in [0.717, 1.165) is 18.5 Å². The Hall–Kier alpha value is -1.20. The van der Waals surface area contributed by atoms with Crippen molar-refractivity contribution in [1.82, 2.24) is 15.3 Å². The van der Waals surface area contributed by atoms with Crippen molar-refractivity contribution in [2.24, 2.45) is 0 Å². The number of nitrogens with one attached hydrogen (secondary N) is 2. The van der Waals surface area contributed by atoms with E-state index in [1.54, 1.807) is 6.07 Å². The van der Waals surface area contributed by atoms with Crippen molar-refractivity contribution in [3.05, 3.63) is 27.9 Å². The average molecular weight is 279 g/mol. The summed E-state index contributed by atoms with van der Waals surface area (Å²) in [5, 5.41) is 3.39. The van der Waals surface area contributed by atoms with E-state index < -0.39 is 5.60 Å². The van der Waals surface area contributed by atoms with Crippen LogP contribution >= 0.6 is 0 Å². The number of rotatable bonds is 8. The maximum absolute atomic E-state index is 11.9. The lowest BCUT2D eigenvalue weighted by Crippen LogP contribution is -2.34. The second kappa shape index (κ2) is 6.50. The molecule has 1 heterocycles. The summed E-state index contributed by atoms with van der Waals surface area (Å²) in [6, 6.07) is 2.18. The highest BCUT2D eigenvalue weighted by Gasteiger charge is 2.32. The van der Waals surface area contributed by atoms with Crippen LogP contribution in [-0.4, -0.2) is 22.6 Å². The second-order valence-electron chi connectivity index (χ2n) is 5.37. The summed E-state index contributed by atoms with van der Waals surface area (Å²) < 4.78 is 5.91. The van der Waals surface area contributed by atoms with Crippen molar-refractivity contribution in [2.75, 3.05) is 6.61 Å². The minimum absolute atomic E-state index is 0.103. The van der Waals surface area contributed by atoms with Crippen molar-refractivity contribution in [3.8, 4) is 0 Å². The van der Waals surface area contributed by atoms with Gasteiger partial charge in [-0.1, -0.05) is 13.8 Å². The third-order valence-corrected chi connectivity index (χ3v) is 3.94. The van der Waals surface area contributed by atoms with Gasteiger partial charge in [0.15, 0.2) is 0 Å². The Labute approximate surface area is 120 Å². The number of hydrogen-bond acceptors (Lipinski definition) is 4. The Morgan fingerprint density at radius 3 is 2.65 bits per heavy atom. The highest BCUT2D eigenvalue weighted by Crippen LogP contribution is 2.30. The molecule has 0 bridgehead atoms. The lowest BCUT2D eigenvalue weighted by atomic mass is 9.95. The lowest BCUT2D eigenvalue weighted by molar-refractivity contribution is -0.0574. The summed E-state index contributed by atoms with van der Waals surface area (Å²) in [7, 11) is 0. The largest absolute Gasteiger partial charge is 0.367 e. The highest BCUT2D eigenvalue weighted by atomic mass is 16.5. The molecule has 2 rings (SSSR count). The van der Waals surface area contributed by atoms with Crippen molar-refractivity contribution < 1.29 is 4.74 Å². The molecule has 1 aliphatic carbocycles. The van der Waals surface area contributed by atoms with Crippen molar-refractivity contribution in [1.29, 1.82) is 0 Å². The molecule has 5 heteroatoms. The van der Waals surface area contributed by atoms with Gasteiger partial charge in [-0.05, 0) is 32.6 Å². The fraction of sp³-hybridized carbons (Fsp3) is 0.733. The van der Waals surface area contributed by atoms with Crippen LogP contribution in [0, 0.1) is 0 Å². The van der Waals surface area contributed by atoms with Crippen molar-refractivity contribution in [3.63, 3.8) is 0 Å². The molecule has 20 heavy (non-hydrogen) atoms. The second-order valence-corrected chi connectivity index (χ2v) is 5.37. The zero-order valence-corrected chi connectivity index (χ0v) is 12.7. The normalized spacial score (nSPS) is 15.6.